The van der Waals surface area contributed by atoms with E-state index >= 15 is 0 Å². The minimum atomic E-state index is -4.97. The number of amides is 1. The molecule has 0 radical (unpaired) electrons. The average molecular weight is 438 g/mol. The average Bonchev–Trinajstić information content (AvgIpc) is 2.52. The Morgan fingerprint density at radius 2 is 1.72 bits per heavy atom. The van der Waals surface area contributed by atoms with Crippen molar-refractivity contribution in [2.45, 2.75) is 32.5 Å². The molecule has 29 heavy (non-hydrogen) atoms. The molecular formula is C17H16ClF4N3O4. The first kappa shape index (κ1) is 22.5. The normalized spacial score (nSPS) is 12.0. The van der Waals surface area contributed by atoms with Crippen LogP contribution in [0.25, 0.3) is 5.69 Å². The quantitative estimate of drug-likeness (QED) is 0.731. The van der Waals surface area contributed by atoms with Gasteiger partial charge in [-0.05, 0) is 26.8 Å². The van der Waals surface area contributed by atoms with Crippen molar-refractivity contribution in [3.8, 4) is 11.4 Å². The number of benzene rings is 1. The molecule has 1 heterocycles. The van der Waals surface area contributed by atoms with Crippen LogP contribution in [0.15, 0.2) is 27.8 Å². The zero-order chi connectivity index (χ0) is 22.3. The molecule has 0 aliphatic rings. The van der Waals surface area contributed by atoms with E-state index in [1.807, 2.05) is 0 Å². The molecule has 1 aromatic carbocycles. The number of carbonyl (C=O) groups excluding carboxylic acids is 1. The van der Waals surface area contributed by atoms with E-state index in [-0.39, 0.29) is 20.2 Å². The van der Waals surface area contributed by atoms with Crippen LogP contribution < -0.4 is 21.3 Å². The van der Waals surface area contributed by atoms with E-state index in [1.54, 1.807) is 20.8 Å². The number of nitrogens with zero attached hydrogens (tertiary/aromatic N) is 2. The smallest absolute Gasteiger partial charge is 0.409 e. The predicted octanol–water partition coefficient (Wildman–Crippen LogP) is 3.23. The molecule has 0 unspecified atom stereocenters. The van der Waals surface area contributed by atoms with Gasteiger partial charge in [0.25, 0.3) is 5.56 Å². The molecule has 2 aromatic rings. The molecule has 1 amide bonds. The maximum atomic E-state index is 14.4. The lowest BCUT2D eigenvalue weighted by Crippen LogP contribution is -2.42. The van der Waals surface area contributed by atoms with Gasteiger partial charge in [0.05, 0.1) is 10.7 Å². The van der Waals surface area contributed by atoms with Crippen molar-refractivity contribution in [2.24, 2.45) is 7.05 Å². The van der Waals surface area contributed by atoms with Crippen LogP contribution in [-0.2, 0) is 13.2 Å². The van der Waals surface area contributed by atoms with Crippen LogP contribution in [0.5, 0.6) is 5.75 Å². The number of nitrogens with one attached hydrogen (secondary N) is 1. The summed E-state index contributed by atoms with van der Waals surface area (Å²) in [6, 6.07) is 1.60. The maximum absolute atomic E-state index is 14.4. The Kier molecular flexibility index (Phi) is 5.84. The number of hydrogen-bond acceptors (Lipinski definition) is 4. The van der Waals surface area contributed by atoms with E-state index in [1.165, 1.54) is 0 Å². The van der Waals surface area contributed by atoms with E-state index in [0.29, 0.717) is 6.07 Å². The molecular weight excluding hydrogens is 422 g/mol. The van der Waals surface area contributed by atoms with Crippen molar-refractivity contribution < 1.29 is 27.1 Å². The Bertz CT molecular complexity index is 1080. The van der Waals surface area contributed by atoms with Gasteiger partial charge < -0.3 is 10.1 Å². The molecule has 1 N–H and O–H groups in total. The van der Waals surface area contributed by atoms with E-state index in [0.717, 1.165) is 13.1 Å². The van der Waals surface area contributed by atoms with Gasteiger partial charge in [-0.25, -0.2) is 18.5 Å². The van der Waals surface area contributed by atoms with Crippen molar-refractivity contribution >= 4 is 17.7 Å². The standard InChI is InChI=1S/C17H16ClF4N3O4/c1-16(2,3)23-14(27)29-11-6-10(9(19)5-8(11)18)25-13(26)7-12(17(20,21)22)24(4)15(25)28/h5-7H,1-4H3,(H,23,27). The van der Waals surface area contributed by atoms with E-state index in [4.69, 9.17) is 16.3 Å². The van der Waals surface area contributed by atoms with Crippen molar-refractivity contribution in [1.82, 2.24) is 14.5 Å². The van der Waals surface area contributed by atoms with Crippen LogP contribution in [0.2, 0.25) is 5.02 Å². The van der Waals surface area contributed by atoms with E-state index in [9.17, 15) is 31.9 Å². The molecule has 0 aliphatic heterocycles. The monoisotopic (exact) mass is 437 g/mol. The van der Waals surface area contributed by atoms with Gasteiger partial charge in [-0.2, -0.15) is 13.2 Å². The Morgan fingerprint density at radius 3 is 2.24 bits per heavy atom. The fourth-order valence-corrected chi connectivity index (χ4v) is 2.51. The summed E-state index contributed by atoms with van der Waals surface area (Å²) < 4.78 is 58.5. The molecule has 0 saturated carbocycles. The lowest BCUT2D eigenvalue weighted by atomic mass is 10.1. The molecule has 0 atom stereocenters. The minimum absolute atomic E-state index is 0.155. The van der Waals surface area contributed by atoms with Crippen molar-refractivity contribution in [3.05, 3.63) is 55.6 Å². The summed E-state index contributed by atoms with van der Waals surface area (Å²) in [4.78, 5) is 36.4. The van der Waals surface area contributed by atoms with Gasteiger partial charge in [-0.3, -0.25) is 9.36 Å². The number of ether oxygens (including phenoxy) is 1. The Hall–Kier alpha value is -2.82. The van der Waals surface area contributed by atoms with Crippen LogP contribution >= 0.6 is 11.6 Å². The molecule has 7 nitrogen and oxygen atoms in total. The number of halogens is 5. The fourth-order valence-electron chi connectivity index (χ4n) is 2.32. The van der Waals surface area contributed by atoms with E-state index in [2.05, 4.69) is 5.32 Å². The minimum Gasteiger partial charge on any atom is -0.409 e. The number of hydrogen-bond donors (Lipinski definition) is 1. The summed E-state index contributed by atoms with van der Waals surface area (Å²) >= 11 is 5.84. The molecule has 12 heteroatoms. The first-order valence-electron chi connectivity index (χ1n) is 8.01. The lowest BCUT2D eigenvalue weighted by molar-refractivity contribution is -0.144. The molecule has 2 rings (SSSR count). The molecule has 0 fully saturated rings. The molecule has 1 aromatic heterocycles. The number of alkyl halides is 3. The number of aromatic nitrogens is 2. The summed E-state index contributed by atoms with van der Waals surface area (Å²) in [6.45, 7) is 4.99. The first-order chi connectivity index (χ1) is 13.1. The summed E-state index contributed by atoms with van der Waals surface area (Å²) in [7, 11) is 0.781. The zero-order valence-electron chi connectivity index (χ0n) is 15.6. The SMILES string of the molecule is Cn1c(C(F)(F)F)cc(=O)n(-c2cc(OC(=O)NC(C)(C)C)c(Cl)cc2F)c1=O. The van der Waals surface area contributed by atoms with Crippen LogP contribution in [-0.4, -0.2) is 20.8 Å². The second kappa shape index (κ2) is 7.54. The van der Waals surface area contributed by atoms with Crippen molar-refractivity contribution in [1.29, 1.82) is 0 Å². The third-order valence-corrected chi connectivity index (χ3v) is 3.83. The van der Waals surface area contributed by atoms with Crippen LogP contribution in [0, 0.1) is 5.82 Å². The maximum Gasteiger partial charge on any atom is 0.431 e. The number of rotatable bonds is 2. The van der Waals surface area contributed by atoms with Crippen LogP contribution in [0.1, 0.15) is 26.5 Å². The van der Waals surface area contributed by atoms with Crippen molar-refractivity contribution in [2.75, 3.05) is 0 Å². The summed E-state index contributed by atoms with van der Waals surface area (Å²) in [6.07, 6.45) is -5.92. The van der Waals surface area contributed by atoms with Gasteiger partial charge in [0, 0.05) is 24.7 Å². The highest BCUT2D eigenvalue weighted by Crippen LogP contribution is 2.30. The highest BCUT2D eigenvalue weighted by atomic mass is 35.5. The third-order valence-electron chi connectivity index (χ3n) is 3.53. The van der Waals surface area contributed by atoms with Gasteiger partial charge in [-0.1, -0.05) is 11.6 Å². The van der Waals surface area contributed by atoms with Crippen molar-refractivity contribution in [3.63, 3.8) is 0 Å². The number of carbonyl (C=O) groups is 1. The highest BCUT2D eigenvalue weighted by molar-refractivity contribution is 6.32. The molecule has 158 valence electrons. The summed E-state index contributed by atoms with van der Waals surface area (Å²) in [5, 5.41) is 2.10. The Morgan fingerprint density at radius 1 is 1.14 bits per heavy atom. The molecule has 0 saturated heterocycles. The summed E-state index contributed by atoms with van der Waals surface area (Å²) in [5.74, 6) is -1.59. The predicted molar refractivity (Wildman–Crippen MR) is 96.2 cm³/mol. The Balaban J connectivity index is 2.62. The zero-order valence-corrected chi connectivity index (χ0v) is 16.4. The van der Waals surface area contributed by atoms with Gasteiger partial charge >= 0.3 is 18.0 Å². The molecule has 0 aliphatic carbocycles. The third kappa shape index (κ3) is 4.97. The Labute approximate surface area is 166 Å². The first-order valence-corrected chi connectivity index (χ1v) is 8.39. The lowest BCUT2D eigenvalue weighted by Gasteiger charge is -2.20. The molecule has 0 spiro atoms. The topological polar surface area (TPSA) is 82.3 Å². The highest BCUT2D eigenvalue weighted by Gasteiger charge is 2.35. The largest absolute Gasteiger partial charge is 0.431 e. The summed E-state index contributed by atoms with van der Waals surface area (Å²) in [5.41, 5.74) is -5.78. The fraction of sp³-hybridized carbons (Fsp3) is 0.353. The van der Waals surface area contributed by atoms with Gasteiger partial charge in [0.2, 0.25) is 0 Å². The van der Waals surface area contributed by atoms with Gasteiger partial charge in [-0.15, -0.1) is 0 Å². The molecule has 0 bridgehead atoms. The van der Waals surface area contributed by atoms with Crippen LogP contribution in [0.3, 0.4) is 0 Å². The second-order valence-electron chi connectivity index (χ2n) is 7.04. The van der Waals surface area contributed by atoms with E-state index < -0.39 is 52.0 Å². The van der Waals surface area contributed by atoms with Gasteiger partial charge in [0.15, 0.2) is 5.75 Å². The second-order valence-corrected chi connectivity index (χ2v) is 7.45. The van der Waals surface area contributed by atoms with Gasteiger partial charge in [0.1, 0.15) is 11.5 Å². The van der Waals surface area contributed by atoms with Crippen LogP contribution in [0.4, 0.5) is 22.4 Å².